The Kier molecular flexibility index (Phi) is 20.2. The standard InChI is InChI=1S/C10H14.3CNO/c1-8(2)10-7-5-4-6-9(10)3;3*2-1-3/h4-8H,1-3H3;;;/q;3*-1. The second kappa shape index (κ2) is 17.7. The fraction of sp³-hybridized carbons (Fsp3) is 0.308. The average molecular weight is 260 g/mol. The van der Waals surface area contributed by atoms with Gasteiger partial charge in [-0.15, -0.1) is 0 Å². The molecule has 0 N–H and O–H groups in total. The van der Waals surface area contributed by atoms with Crippen molar-refractivity contribution in [2.24, 2.45) is 0 Å². The molecule has 1 aromatic rings. The zero-order valence-electron chi connectivity index (χ0n) is 11.0. The van der Waals surface area contributed by atoms with Crippen molar-refractivity contribution >= 4 is 18.2 Å². The summed E-state index contributed by atoms with van der Waals surface area (Å²) in [4.78, 5) is 24.7. The normalized spacial score (nSPS) is 6.74. The molecule has 19 heavy (non-hydrogen) atoms. The Labute approximate surface area is 112 Å². The monoisotopic (exact) mass is 260 g/mol. The van der Waals surface area contributed by atoms with Gasteiger partial charge in [-0.05, 0) is 42.2 Å². The molecule has 102 valence electrons. The van der Waals surface area contributed by atoms with E-state index in [4.69, 9.17) is 30.6 Å². The molecule has 0 atom stereocenters. The van der Waals surface area contributed by atoms with Crippen LogP contribution in [0.15, 0.2) is 24.3 Å². The van der Waals surface area contributed by atoms with E-state index in [9.17, 15) is 0 Å². The van der Waals surface area contributed by atoms with E-state index in [0.717, 1.165) is 0 Å². The zero-order valence-corrected chi connectivity index (χ0v) is 11.0. The zero-order chi connectivity index (χ0) is 15.7. The number of nitrogens with zero attached hydrogens (tertiary/aromatic N) is 3. The molecule has 1 rings (SSSR count). The van der Waals surface area contributed by atoms with Crippen molar-refractivity contribution in [3.63, 3.8) is 0 Å². The van der Waals surface area contributed by atoms with Gasteiger partial charge in [0.25, 0.3) is 0 Å². The molecule has 0 radical (unpaired) electrons. The number of hydrogen-bond donors (Lipinski definition) is 0. The molecule has 0 fully saturated rings. The summed E-state index contributed by atoms with van der Waals surface area (Å²) in [5, 5.41) is 20.3. The van der Waals surface area contributed by atoms with Gasteiger partial charge in [0.2, 0.25) is 0 Å². The molecule has 0 aliphatic carbocycles. The fourth-order valence-electron chi connectivity index (χ4n) is 1.23. The van der Waals surface area contributed by atoms with E-state index < -0.39 is 0 Å². The predicted octanol–water partition coefficient (Wildman–Crippen LogP) is 2.79. The van der Waals surface area contributed by atoms with Crippen molar-refractivity contribution in [3.8, 4) is 0 Å². The summed E-state index contributed by atoms with van der Waals surface area (Å²) in [6.45, 7) is 6.61. The Morgan fingerprint density at radius 2 is 1.21 bits per heavy atom. The first-order valence-corrected chi connectivity index (χ1v) is 5.05. The topological polar surface area (TPSA) is 118 Å². The molecule has 0 saturated carbocycles. The van der Waals surface area contributed by atoms with E-state index in [1.54, 1.807) is 0 Å². The van der Waals surface area contributed by atoms with Gasteiger partial charge in [0, 0.05) is 0 Å². The first-order valence-electron chi connectivity index (χ1n) is 5.05. The van der Waals surface area contributed by atoms with Crippen LogP contribution in [-0.4, -0.2) is 18.2 Å². The molecule has 0 aliphatic heterocycles. The Morgan fingerprint density at radius 3 is 1.42 bits per heavy atom. The van der Waals surface area contributed by atoms with Gasteiger partial charge in [-0.25, -0.2) is 0 Å². The third-order valence-corrected chi connectivity index (χ3v) is 1.81. The Balaban J connectivity index is -0.000000238. The van der Waals surface area contributed by atoms with Crippen LogP contribution in [0.1, 0.15) is 30.9 Å². The maximum atomic E-state index is 8.24. The lowest BCUT2D eigenvalue weighted by Gasteiger charge is -2.07. The summed E-state index contributed by atoms with van der Waals surface area (Å²) < 4.78 is 0. The van der Waals surface area contributed by atoms with E-state index in [-0.39, 0.29) is 0 Å². The predicted molar refractivity (Wildman–Crippen MR) is 72.4 cm³/mol. The van der Waals surface area contributed by atoms with Crippen LogP contribution in [-0.2, 0) is 14.4 Å². The molecule has 0 unspecified atom stereocenters. The van der Waals surface area contributed by atoms with Crippen molar-refractivity contribution in [3.05, 3.63) is 51.6 Å². The average Bonchev–Trinajstić information content (AvgIpc) is 2.32. The Morgan fingerprint density at radius 1 is 0.895 bits per heavy atom. The lowest BCUT2D eigenvalue weighted by atomic mass is 9.99. The molecular weight excluding hydrogens is 246 g/mol. The van der Waals surface area contributed by atoms with Gasteiger partial charge in [-0.1, -0.05) is 38.1 Å². The summed E-state index contributed by atoms with van der Waals surface area (Å²) in [7, 11) is 0. The minimum atomic E-state index is 0.500. The van der Waals surface area contributed by atoms with Crippen LogP contribution in [0, 0.1) is 6.92 Å². The van der Waals surface area contributed by atoms with Crippen molar-refractivity contribution in [2.45, 2.75) is 26.7 Å². The Hall–Kier alpha value is -2.64. The molecule has 0 aromatic heterocycles. The number of isocyanates is 3. The van der Waals surface area contributed by atoms with Crippen molar-refractivity contribution < 1.29 is 14.4 Å². The number of benzene rings is 1. The number of aryl methyl sites for hydroxylation is 1. The first kappa shape index (κ1) is 21.6. The lowest BCUT2D eigenvalue weighted by molar-refractivity contribution is 0.568. The van der Waals surface area contributed by atoms with Crippen LogP contribution in [0.4, 0.5) is 0 Å². The van der Waals surface area contributed by atoms with Crippen LogP contribution in [0.25, 0.3) is 16.2 Å². The smallest absolute Gasteiger partial charge is 0.0159 e. The Bertz CT molecular complexity index is 410. The van der Waals surface area contributed by atoms with E-state index in [0.29, 0.717) is 24.2 Å². The van der Waals surface area contributed by atoms with Crippen molar-refractivity contribution in [2.75, 3.05) is 0 Å². The molecule has 6 nitrogen and oxygen atoms in total. The van der Waals surface area contributed by atoms with Crippen molar-refractivity contribution in [1.82, 2.24) is 0 Å². The molecule has 6 heteroatoms. The molecular formula is C13H14N3O3-3. The SMILES string of the molecule is Cc1ccccc1C(C)C.[N-]=C=O.[N-]=C=O.[N-]=C=O. The van der Waals surface area contributed by atoms with Gasteiger partial charge in [0.15, 0.2) is 0 Å². The highest BCUT2D eigenvalue weighted by Crippen LogP contribution is 2.17. The summed E-state index contributed by atoms with van der Waals surface area (Å²) in [6, 6.07) is 8.54. The van der Waals surface area contributed by atoms with Gasteiger partial charge < -0.3 is 16.2 Å². The van der Waals surface area contributed by atoms with Gasteiger partial charge in [0.05, 0.1) is 0 Å². The fourth-order valence-corrected chi connectivity index (χ4v) is 1.23. The number of carbonyl (C=O) groups excluding carboxylic acids is 3. The van der Waals surface area contributed by atoms with E-state index in [1.165, 1.54) is 11.1 Å². The van der Waals surface area contributed by atoms with Crippen molar-refractivity contribution in [1.29, 1.82) is 0 Å². The minimum absolute atomic E-state index is 0.500. The van der Waals surface area contributed by atoms with Crippen LogP contribution in [0.5, 0.6) is 0 Å². The van der Waals surface area contributed by atoms with Crippen LogP contribution < -0.4 is 0 Å². The van der Waals surface area contributed by atoms with E-state index >= 15 is 0 Å². The van der Waals surface area contributed by atoms with Crippen LogP contribution >= 0.6 is 0 Å². The first-order chi connectivity index (χ1) is 8.96. The molecule has 0 heterocycles. The summed E-state index contributed by atoms with van der Waals surface area (Å²) in [6.07, 6.45) is 1.50. The van der Waals surface area contributed by atoms with Gasteiger partial charge in [-0.2, -0.15) is 0 Å². The molecule has 0 spiro atoms. The van der Waals surface area contributed by atoms with E-state index in [1.807, 2.05) is 0 Å². The summed E-state index contributed by atoms with van der Waals surface area (Å²) >= 11 is 0. The molecule has 0 aliphatic rings. The molecule has 0 bridgehead atoms. The highest BCUT2D eigenvalue weighted by Gasteiger charge is 1.99. The maximum Gasteiger partial charge on any atom is -0.0159 e. The third kappa shape index (κ3) is 17.9. The second-order valence-corrected chi connectivity index (χ2v) is 3.29. The molecule has 0 amide bonds. The van der Waals surface area contributed by atoms with Crippen LogP contribution in [0.3, 0.4) is 0 Å². The second-order valence-electron chi connectivity index (χ2n) is 3.29. The summed E-state index contributed by atoms with van der Waals surface area (Å²) in [5.74, 6) is 0.654. The van der Waals surface area contributed by atoms with Gasteiger partial charge >= 0.3 is 0 Å². The largest absolute Gasteiger partial charge is 0.724 e. The molecule has 0 saturated heterocycles. The quantitative estimate of drug-likeness (QED) is 0.570. The number of rotatable bonds is 1. The minimum Gasteiger partial charge on any atom is -0.724 e. The summed E-state index contributed by atoms with van der Waals surface area (Å²) in [5.41, 5.74) is 2.86. The van der Waals surface area contributed by atoms with Gasteiger partial charge in [0.1, 0.15) is 0 Å². The van der Waals surface area contributed by atoms with Gasteiger partial charge in [-0.3, -0.25) is 14.4 Å². The third-order valence-electron chi connectivity index (χ3n) is 1.81. The highest BCUT2D eigenvalue weighted by atomic mass is 16.1. The lowest BCUT2D eigenvalue weighted by Crippen LogP contribution is -1.89. The van der Waals surface area contributed by atoms with E-state index in [2.05, 4.69) is 45.0 Å². The highest BCUT2D eigenvalue weighted by molar-refractivity contribution is 5.37. The number of hydrogen-bond acceptors (Lipinski definition) is 3. The molecule has 1 aromatic carbocycles. The maximum absolute atomic E-state index is 8.24. The van der Waals surface area contributed by atoms with Crippen LogP contribution in [0.2, 0.25) is 0 Å².